The number of nitrogens with one attached hydrogen (secondary N) is 1. The summed E-state index contributed by atoms with van der Waals surface area (Å²) >= 11 is 0. The number of nitro groups is 1. The Morgan fingerprint density at radius 1 is 0.935 bits per heavy atom. The number of oxazole rings is 1. The predicted octanol–water partition coefficient (Wildman–Crippen LogP) is 5.81. The fourth-order valence-corrected chi connectivity index (χ4v) is 3.48. The Kier molecular flexibility index (Phi) is 4.41. The molecular weight excluding hydrogens is 394 g/mol. The zero-order valence-electron chi connectivity index (χ0n) is 16.1. The number of fused-ring (bicyclic) bond motifs is 3. The molecule has 7 heteroatoms. The minimum absolute atomic E-state index is 0.139. The number of hydrogen-bond acceptors (Lipinski definition) is 5. The average molecular weight is 409 g/mol. The Labute approximate surface area is 176 Å². The van der Waals surface area contributed by atoms with E-state index in [1.807, 2.05) is 42.5 Å². The van der Waals surface area contributed by atoms with Crippen LogP contribution in [0.25, 0.3) is 33.3 Å². The van der Waals surface area contributed by atoms with Crippen LogP contribution in [0.15, 0.2) is 89.3 Å². The summed E-state index contributed by atoms with van der Waals surface area (Å²) < 4.78 is 5.95. The first-order valence-corrected chi connectivity index (χ1v) is 9.53. The molecule has 0 saturated heterocycles. The van der Waals surface area contributed by atoms with Crippen molar-refractivity contribution in [2.24, 2.45) is 0 Å². The second-order valence-electron chi connectivity index (χ2n) is 6.99. The van der Waals surface area contributed by atoms with Gasteiger partial charge in [-0.2, -0.15) is 0 Å². The molecule has 5 rings (SSSR count). The lowest BCUT2D eigenvalue weighted by Gasteiger charge is -2.06. The number of benzene rings is 4. The van der Waals surface area contributed by atoms with Gasteiger partial charge in [-0.3, -0.25) is 14.9 Å². The van der Waals surface area contributed by atoms with E-state index in [1.54, 1.807) is 18.2 Å². The summed E-state index contributed by atoms with van der Waals surface area (Å²) in [5, 5.41) is 15.8. The zero-order valence-corrected chi connectivity index (χ0v) is 16.1. The molecule has 1 heterocycles. The van der Waals surface area contributed by atoms with Gasteiger partial charge in [-0.25, -0.2) is 4.98 Å². The SMILES string of the molecule is O=C(Nc1cccc(-c2nc3c(ccc4ccccc43)o2)c1)c1cccc([N+](=O)[O-])c1. The minimum Gasteiger partial charge on any atom is -0.436 e. The molecule has 0 spiro atoms. The standard InChI is InChI=1S/C24H15N3O4/c28-23(16-6-4-9-19(14-16)27(29)30)25-18-8-3-7-17(13-18)24-26-22-20-10-2-1-5-15(20)11-12-21(22)31-24/h1-14H,(H,25,28). The number of nitrogens with zero attached hydrogens (tertiary/aromatic N) is 2. The molecular formula is C24H15N3O4. The van der Waals surface area contributed by atoms with E-state index in [0.717, 1.165) is 16.3 Å². The van der Waals surface area contributed by atoms with Gasteiger partial charge in [-0.05, 0) is 35.7 Å². The van der Waals surface area contributed by atoms with Gasteiger partial charge in [-0.1, -0.05) is 42.5 Å². The van der Waals surface area contributed by atoms with Gasteiger partial charge < -0.3 is 9.73 Å². The van der Waals surface area contributed by atoms with E-state index in [9.17, 15) is 14.9 Å². The fraction of sp³-hybridized carbons (Fsp3) is 0. The normalized spacial score (nSPS) is 11.0. The van der Waals surface area contributed by atoms with E-state index in [0.29, 0.717) is 22.7 Å². The molecule has 0 unspecified atom stereocenters. The third kappa shape index (κ3) is 3.49. The number of non-ortho nitro benzene ring substituents is 1. The van der Waals surface area contributed by atoms with Crippen molar-refractivity contribution in [3.63, 3.8) is 0 Å². The summed E-state index contributed by atoms with van der Waals surface area (Å²) in [6, 6.07) is 24.5. The number of hydrogen-bond donors (Lipinski definition) is 1. The van der Waals surface area contributed by atoms with Crippen LogP contribution in [0.1, 0.15) is 10.4 Å². The van der Waals surface area contributed by atoms with Crippen molar-refractivity contribution in [3.8, 4) is 11.5 Å². The molecule has 0 aliphatic heterocycles. The van der Waals surface area contributed by atoms with E-state index in [2.05, 4.69) is 10.3 Å². The number of amides is 1. The molecule has 1 aromatic heterocycles. The first-order valence-electron chi connectivity index (χ1n) is 9.53. The molecule has 0 atom stereocenters. The van der Waals surface area contributed by atoms with Crippen molar-refractivity contribution in [1.82, 2.24) is 4.98 Å². The molecule has 0 bridgehead atoms. The topological polar surface area (TPSA) is 98.3 Å². The monoisotopic (exact) mass is 409 g/mol. The van der Waals surface area contributed by atoms with E-state index in [-0.39, 0.29) is 11.3 Å². The van der Waals surface area contributed by atoms with Crippen molar-refractivity contribution in [1.29, 1.82) is 0 Å². The second-order valence-corrected chi connectivity index (χ2v) is 6.99. The van der Waals surface area contributed by atoms with Crippen molar-refractivity contribution in [2.75, 3.05) is 5.32 Å². The van der Waals surface area contributed by atoms with Gasteiger partial charge in [0.05, 0.1) is 4.92 Å². The Balaban J connectivity index is 1.46. The van der Waals surface area contributed by atoms with Crippen LogP contribution in [0.3, 0.4) is 0 Å². The maximum Gasteiger partial charge on any atom is 0.270 e. The molecule has 0 fully saturated rings. The zero-order chi connectivity index (χ0) is 21.4. The van der Waals surface area contributed by atoms with Crippen LogP contribution in [-0.4, -0.2) is 15.8 Å². The molecule has 1 N–H and O–H groups in total. The quantitative estimate of drug-likeness (QED) is 0.298. The van der Waals surface area contributed by atoms with Gasteiger partial charge >= 0.3 is 0 Å². The lowest BCUT2D eigenvalue weighted by molar-refractivity contribution is -0.384. The summed E-state index contributed by atoms with van der Waals surface area (Å²) in [7, 11) is 0. The Hall–Kier alpha value is -4.52. The molecule has 150 valence electrons. The van der Waals surface area contributed by atoms with E-state index in [4.69, 9.17) is 4.42 Å². The molecule has 7 nitrogen and oxygen atoms in total. The van der Waals surface area contributed by atoms with Crippen molar-refractivity contribution < 1.29 is 14.1 Å². The molecule has 0 aliphatic carbocycles. The van der Waals surface area contributed by atoms with Crippen LogP contribution in [-0.2, 0) is 0 Å². The first kappa shape index (κ1) is 18.5. The van der Waals surface area contributed by atoms with Crippen LogP contribution in [0.4, 0.5) is 11.4 Å². The van der Waals surface area contributed by atoms with Gasteiger partial charge in [0, 0.05) is 34.3 Å². The predicted molar refractivity (Wildman–Crippen MR) is 118 cm³/mol. The van der Waals surface area contributed by atoms with Crippen LogP contribution >= 0.6 is 0 Å². The van der Waals surface area contributed by atoms with Crippen LogP contribution in [0.2, 0.25) is 0 Å². The average Bonchev–Trinajstić information content (AvgIpc) is 3.24. The second kappa shape index (κ2) is 7.38. The van der Waals surface area contributed by atoms with Crippen LogP contribution in [0.5, 0.6) is 0 Å². The summed E-state index contributed by atoms with van der Waals surface area (Å²) in [6.07, 6.45) is 0. The maximum absolute atomic E-state index is 12.6. The lowest BCUT2D eigenvalue weighted by atomic mass is 10.1. The highest BCUT2D eigenvalue weighted by molar-refractivity contribution is 6.05. The van der Waals surface area contributed by atoms with E-state index >= 15 is 0 Å². The molecule has 4 aromatic carbocycles. The third-order valence-electron chi connectivity index (χ3n) is 4.97. The molecule has 0 saturated carbocycles. The maximum atomic E-state index is 12.6. The number of rotatable bonds is 4. The van der Waals surface area contributed by atoms with Gasteiger partial charge in [-0.15, -0.1) is 0 Å². The summed E-state index contributed by atoms with van der Waals surface area (Å²) in [5.41, 5.74) is 2.75. The lowest BCUT2D eigenvalue weighted by Crippen LogP contribution is -2.12. The third-order valence-corrected chi connectivity index (χ3v) is 4.97. The number of carbonyl (C=O) groups excluding carboxylic acids is 1. The molecule has 31 heavy (non-hydrogen) atoms. The van der Waals surface area contributed by atoms with Gasteiger partial charge in [0.1, 0.15) is 5.52 Å². The molecule has 5 aromatic rings. The molecule has 0 aliphatic rings. The number of aromatic nitrogens is 1. The Morgan fingerprint density at radius 3 is 2.65 bits per heavy atom. The number of nitro benzene ring substituents is 1. The largest absolute Gasteiger partial charge is 0.436 e. The summed E-state index contributed by atoms with van der Waals surface area (Å²) in [6.45, 7) is 0. The summed E-state index contributed by atoms with van der Waals surface area (Å²) in [4.78, 5) is 27.6. The Morgan fingerprint density at radius 2 is 1.77 bits per heavy atom. The van der Waals surface area contributed by atoms with E-state index in [1.165, 1.54) is 24.3 Å². The van der Waals surface area contributed by atoms with Crippen LogP contribution in [0, 0.1) is 10.1 Å². The van der Waals surface area contributed by atoms with Gasteiger partial charge in [0.15, 0.2) is 5.58 Å². The van der Waals surface area contributed by atoms with Gasteiger partial charge in [0.2, 0.25) is 5.89 Å². The fourth-order valence-electron chi connectivity index (χ4n) is 3.48. The van der Waals surface area contributed by atoms with Crippen molar-refractivity contribution in [3.05, 3.63) is 101 Å². The van der Waals surface area contributed by atoms with Crippen LogP contribution < -0.4 is 5.32 Å². The Bertz CT molecular complexity index is 1470. The molecule has 0 radical (unpaired) electrons. The highest BCUT2D eigenvalue weighted by atomic mass is 16.6. The first-order chi connectivity index (χ1) is 15.1. The highest BCUT2D eigenvalue weighted by Crippen LogP contribution is 2.30. The minimum atomic E-state index is -0.533. The molecule has 1 amide bonds. The number of carbonyl (C=O) groups is 1. The van der Waals surface area contributed by atoms with Crippen molar-refractivity contribution >= 4 is 39.2 Å². The smallest absolute Gasteiger partial charge is 0.270 e. The van der Waals surface area contributed by atoms with Crippen molar-refractivity contribution in [2.45, 2.75) is 0 Å². The highest BCUT2D eigenvalue weighted by Gasteiger charge is 2.14. The van der Waals surface area contributed by atoms with E-state index < -0.39 is 10.8 Å². The number of anilines is 1. The van der Waals surface area contributed by atoms with Gasteiger partial charge in [0.25, 0.3) is 11.6 Å². The summed E-state index contributed by atoms with van der Waals surface area (Å²) in [5.74, 6) is 0.00205.